The minimum atomic E-state index is -0.397. The minimum Gasteiger partial charge on any atom is -0.490 e. The molecule has 0 radical (unpaired) electrons. The first-order valence-corrected chi connectivity index (χ1v) is 9.11. The number of hydrogen-bond donors (Lipinski definition) is 0. The van der Waals surface area contributed by atoms with Crippen LogP contribution in [0.1, 0.15) is 33.3 Å². The molecule has 27 heavy (non-hydrogen) atoms. The van der Waals surface area contributed by atoms with Gasteiger partial charge in [-0.25, -0.2) is 4.79 Å². The Bertz CT molecular complexity index is 1190. The van der Waals surface area contributed by atoms with E-state index in [0.717, 1.165) is 21.9 Å². The fourth-order valence-corrected chi connectivity index (χ4v) is 3.27. The van der Waals surface area contributed by atoms with Crippen molar-refractivity contribution in [1.82, 2.24) is 0 Å². The van der Waals surface area contributed by atoms with Crippen LogP contribution < -0.4 is 10.4 Å². The molecule has 4 rings (SSSR count). The predicted molar refractivity (Wildman–Crippen MR) is 108 cm³/mol. The molecule has 0 aliphatic carbocycles. The van der Waals surface area contributed by atoms with Crippen LogP contribution >= 0.6 is 0 Å². The Morgan fingerprint density at radius 3 is 2.56 bits per heavy atom. The van der Waals surface area contributed by atoms with Crippen molar-refractivity contribution >= 4 is 21.9 Å². The van der Waals surface area contributed by atoms with E-state index in [0.29, 0.717) is 29.3 Å². The van der Waals surface area contributed by atoms with E-state index in [-0.39, 0.29) is 5.41 Å². The molecule has 4 nitrogen and oxygen atoms in total. The first-order valence-electron chi connectivity index (χ1n) is 9.11. The van der Waals surface area contributed by atoms with E-state index in [4.69, 9.17) is 13.6 Å². The fraction of sp³-hybridized carbons (Fsp3) is 0.261. The van der Waals surface area contributed by atoms with Crippen molar-refractivity contribution in [3.8, 4) is 17.1 Å². The van der Waals surface area contributed by atoms with Crippen molar-refractivity contribution < 1.29 is 13.6 Å². The van der Waals surface area contributed by atoms with Gasteiger partial charge in [0.15, 0.2) is 11.3 Å². The molecule has 0 unspecified atom stereocenters. The summed E-state index contributed by atoms with van der Waals surface area (Å²) in [5.41, 5.74) is 2.71. The number of hydrogen-bond acceptors (Lipinski definition) is 4. The summed E-state index contributed by atoms with van der Waals surface area (Å²) in [6.45, 7) is 8.96. The first kappa shape index (κ1) is 17.4. The second-order valence-electron chi connectivity index (χ2n) is 7.66. The van der Waals surface area contributed by atoms with Gasteiger partial charge in [0.2, 0.25) is 0 Å². The molecule has 0 saturated heterocycles. The summed E-state index contributed by atoms with van der Waals surface area (Å²) in [6.07, 6.45) is 0. The van der Waals surface area contributed by atoms with Crippen LogP contribution in [0, 0.1) is 0 Å². The minimum absolute atomic E-state index is 0.0163. The van der Waals surface area contributed by atoms with Crippen molar-refractivity contribution in [3.63, 3.8) is 0 Å². The lowest BCUT2D eigenvalue weighted by Crippen LogP contribution is -2.11. The smallest absolute Gasteiger partial charge is 0.336 e. The Morgan fingerprint density at radius 2 is 1.81 bits per heavy atom. The van der Waals surface area contributed by atoms with Gasteiger partial charge in [-0.1, -0.05) is 39.0 Å². The zero-order valence-corrected chi connectivity index (χ0v) is 16.0. The maximum absolute atomic E-state index is 12.1. The third kappa shape index (κ3) is 3.12. The summed E-state index contributed by atoms with van der Waals surface area (Å²) in [6, 6.07) is 15.2. The molecule has 0 spiro atoms. The van der Waals surface area contributed by atoms with E-state index >= 15 is 0 Å². The highest BCUT2D eigenvalue weighted by Gasteiger charge is 2.18. The van der Waals surface area contributed by atoms with Crippen LogP contribution in [0.15, 0.2) is 62.2 Å². The van der Waals surface area contributed by atoms with E-state index in [1.54, 1.807) is 0 Å². The standard InChI is InChI=1S/C23H22O4/c1-5-25-19-8-6-7-14-11-20(27-22(14)19)17-13-21(24)26-18-10-9-15(12-16(17)18)23(2,3)4/h6-13H,5H2,1-4H3. The average molecular weight is 362 g/mol. The van der Waals surface area contributed by atoms with Gasteiger partial charge in [-0.15, -0.1) is 0 Å². The first-order chi connectivity index (χ1) is 12.9. The number of fused-ring (bicyclic) bond motifs is 2. The topological polar surface area (TPSA) is 52.6 Å². The van der Waals surface area contributed by atoms with Crippen LogP contribution in [0.4, 0.5) is 0 Å². The van der Waals surface area contributed by atoms with Crippen LogP contribution in [-0.2, 0) is 5.41 Å². The number of rotatable bonds is 3. The van der Waals surface area contributed by atoms with Crippen molar-refractivity contribution in [2.45, 2.75) is 33.1 Å². The Morgan fingerprint density at radius 1 is 1.00 bits per heavy atom. The maximum Gasteiger partial charge on any atom is 0.336 e. The summed E-state index contributed by atoms with van der Waals surface area (Å²) in [5, 5.41) is 1.79. The van der Waals surface area contributed by atoms with Crippen molar-refractivity contribution in [3.05, 3.63) is 64.5 Å². The van der Waals surface area contributed by atoms with Crippen molar-refractivity contribution in [2.24, 2.45) is 0 Å². The van der Waals surface area contributed by atoms with Crippen LogP contribution in [0.25, 0.3) is 33.3 Å². The molecular formula is C23H22O4. The SMILES string of the molecule is CCOc1cccc2cc(-c3cc(=O)oc4ccc(C(C)(C)C)cc34)oc12. The van der Waals surface area contributed by atoms with E-state index in [2.05, 4.69) is 26.8 Å². The van der Waals surface area contributed by atoms with E-state index in [1.807, 2.05) is 43.3 Å². The molecule has 4 aromatic rings. The summed E-state index contributed by atoms with van der Waals surface area (Å²) in [7, 11) is 0. The van der Waals surface area contributed by atoms with Gasteiger partial charge in [0.1, 0.15) is 11.3 Å². The maximum atomic E-state index is 12.1. The van der Waals surface area contributed by atoms with E-state index in [1.165, 1.54) is 6.07 Å². The van der Waals surface area contributed by atoms with Gasteiger partial charge in [-0.2, -0.15) is 0 Å². The van der Waals surface area contributed by atoms with Gasteiger partial charge in [-0.05, 0) is 42.2 Å². The van der Waals surface area contributed by atoms with Gasteiger partial charge in [0, 0.05) is 22.4 Å². The zero-order valence-electron chi connectivity index (χ0n) is 16.0. The summed E-state index contributed by atoms with van der Waals surface area (Å²) in [5.74, 6) is 1.32. The normalized spacial score (nSPS) is 12.0. The molecule has 2 heterocycles. The number of para-hydroxylation sites is 1. The van der Waals surface area contributed by atoms with Gasteiger partial charge in [-0.3, -0.25) is 0 Å². The Kier molecular flexibility index (Phi) is 4.06. The third-order valence-electron chi connectivity index (χ3n) is 4.68. The molecule has 138 valence electrons. The van der Waals surface area contributed by atoms with Gasteiger partial charge < -0.3 is 13.6 Å². The van der Waals surface area contributed by atoms with Gasteiger partial charge in [0.05, 0.1) is 6.61 Å². The number of ether oxygens (including phenoxy) is 1. The Labute approximate surface area is 157 Å². The Balaban J connectivity index is 1.99. The van der Waals surface area contributed by atoms with Crippen molar-refractivity contribution in [2.75, 3.05) is 6.61 Å². The molecule has 2 aromatic heterocycles. The quantitative estimate of drug-likeness (QED) is 0.426. The molecule has 0 N–H and O–H groups in total. The highest BCUT2D eigenvalue weighted by atomic mass is 16.5. The van der Waals surface area contributed by atoms with Crippen LogP contribution in [0.5, 0.6) is 5.75 Å². The van der Waals surface area contributed by atoms with Crippen LogP contribution in [-0.4, -0.2) is 6.61 Å². The summed E-state index contributed by atoms with van der Waals surface area (Å²) >= 11 is 0. The number of benzene rings is 2. The van der Waals surface area contributed by atoms with Crippen LogP contribution in [0.2, 0.25) is 0 Å². The average Bonchev–Trinajstić information content (AvgIpc) is 3.05. The third-order valence-corrected chi connectivity index (χ3v) is 4.68. The summed E-state index contributed by atoms with van der Waals surface area (Å²) < 4.78 is 17.2. The van der Waals surface area contributed by atoms with Gasteiger partial charge >= 0.3 is 5.63 Å². The van der Waals surface area contributed by atoms with E-state index in [9.17, 15) is 4.79 Å². The molecule has 0 aliphatic heterocycles. The second-order valence-corrected chi connectivity index (χ2v) is 7.66. The highest BCUT2D eigenvalue weighted by Crippen LogP contribution is 2.37. The molecular weight excluding hydrogens is 340 g/mol. The monoisotopic (exact) mass is 362 g/mol. The van der Waals surface area contributed by atoms with E-state index < -0.39 is 5.63 Å². The predicted octanol–water partition coefficient (Wildman–Crippen LogP) is 5.90. The molecule has 0 aliphatic rings. The number of furan rings is 1. The van der Waals surface area contributed by atoms with Gasteiger partial charge in [0.25, 0.3) is 0 Å². The highest BCUT2D eigenvalue weighted by molar-refractivity contribution is 5.96. The molecule has 0 bridgehead atoms. The second kappa shape index (κ2) is 6.31. The molecule has 0 amide bonds. The lowest BCUT2D eigenvalue weighted by Gasteiger charge is -2.19. The lowest BCUT2D eigenvalue weighted by molar-refractivity contribution is 0.339. The lowest BCUT2D eigenvalue weighted by atomic mass is 9.86. The fourth-order valence-electron chi connectivity index (χ4n) is 3.27. The summed E-state index contributed by atoms with van der Waals surface area (Å²) in [4.78, 5) is 12.1. The molecule has 0 atom stereocenters. The Hall–Kier alpha value is -3.01. The largest absolute Gasteiger partial charge is 0.490 e. The van der Waals surface area contributed by atoms with Crippen molar-refractivity contribution in [1.29, 1.82) is 0 Å². The molecule has 0 saturated carbocycles. The van der Waals surface area contributed by atoms with Crippen LogP contribution in [0.3, 0.4) is 0 Å². The molecule has 4 heteroatoms. The molecule has 0 fully saturated rings. The molecule has 2 aromatic carbocycles. The zero-order chi connectivity index (χ0) is 19.2.